The summed E-state index contributed by atoms with van der Waals surface area (Å²) in [5.74, 6) is -0.286. The first-order valence-electron chi connectivity index (χ1n) is 7.62. The molecule has 0 aliphatic rings. The minimum absolute atomic E-state index is 0.0236. The Morgan fingerprint density at radius 1 is 1.36 bits per heavy atom. The number of aromatic nitrogens is 1. The monoisotopic (exact) mass is 362 g/mol. The van der Waals surface area contributed by atoms with Crippen molar-refractivity contribution in [1.82, 2.24) is 4.98 Å². The van der Waals surface area contributed by atoms with Crippen LogP contribution in [0.2, 0.25) is 5.02 Å². The average Bonchev–Trinajstić information content (AvgIpc) is 2.56. The number of Topliss-reactive ketones (excluding diaryl/α,β-unsaturated/α-hetero) is 1. The maximum Gasteiger partial charge on any atom is 0.513 e. The molecule has 0 radical (unpaired) electrons. The molecule has 25 heavy (non-hydrogen) atoms. The molecule has 0 amide bonds. The molecule has 0 saturated carbocycles. The fourth-order valence-electron chi connectivity index (χ4n) is 2.05. The van der Waals surface area contributed by atoms with Crippen molar-refractivity contribution >= 4 is 34.4 Å². The highest BCUT2D eigenvalue weighted by atomic mass is 35.5. The molecule has 8 heteroatoms. The Bertz CT molecular complexity index is 874. The molecule has 0 fully saturated rings. The molecule has 0 aliphatic heterocycles. The van der Waals surface area contributed by atoms with E-state index in [0.29, 0.717) is 15.9 Å². The zero-order chi connectivity index (χ0) is 18.6. The quantitative estimate of drug-likeness (QED) is 0.444. The molecule has 1 heterocycles. The molecule has 1 aromatic carbocycles. The predicted molar refractivity (Wildman–Crippen MR) is 92.6 cm³/mol. The van der Waals surface area contributed by atoms with Gasteiger partial charge in [-0.05, 0) is 24.5 Å². The van der Waals surface area contributed by atoms with E-state index in [1.807, 2.05) is 13.8 Å². The van der Waals surface area contributed by atoms with Gasteiger partial charge in [-0.2, -0.15) is 0 Å². The Labute approximate surface area is 149 Å². The summed E-state index contributed by atoms with van der Waals surface area (Å²) in [6.07, 6.45) is -0.886. The van der Waals surface area contributed by atoms with Crippen LogP contribution in [0.15, 0.2) is 18.2 Å². The van der Waals surface area contributed by atoms with Crippen LogP contribution in [-0.4, -0.2) is 30.1 Å². The first-order valence-corrected chi connectivity index (χ1v) is 7.99. The minimum Gasteiger partial charge on any atom is -0.434 e. The molecule has 0 spiro atoms. The summed E-state index contributed by atoms with van der Waals surface area (Å²) < 4.78 is 10.2. The first kappa shape index (κ1) is 18.6. The van der Waals surface area contributed by atoms with E-state index in [-0.39, 0.29) is 24.0 Å². The number of pyridine rings is 1. The number of halogens is 1. The van der Waals surface area contributed by atoms with Gasteiger partial charge in [0.05, 0.1) is 17.1 Å². The Kier molecular flexibility index (Phi) is 5.88. The van der Waals surface area contributed by atoms with Crippen molar-refractivity contribution in [1.29, 1.82) is 5.39 Å². The fourth-order valence-corrected chi connectivity index (χ4v) is 2.26. The third-order valence-electron chi connectivity index (χ3n) is 3.30. The van der Waals surface area contributed by atoms with E-state index in [2.05, 4.69) is 9.96 Å². The molecule has 0 aliphatic carbocycles. The first-order chi connectivity index (χ1) is 11.8. The Morgan fingerprint density at radius 3 is 2.72 bits per heavy atom. The summed E-state index contributed by atoms with van der Waals surface area (Å²) in [4.78, 5) is 30.9. The summed E-state index contributed by atoms with van der Waals surface area (Å²) >= 11 is 6.27. The van der Waals surface area contributed by atoms with Crippen molar-refractivity contribution in [3.63, 3.8) is 0 Å². The zero-order valence-electron chi connectivity index (χ0n) is 14.1. The molecule has 2 aromatic rings. The summed E-state index contributed by atoms with van der Waals surface area (Å²) in [5.41, 5.74) is 1.05. The van der Waals surface area contributed by atoms with Gasteiger partial charge in [0.25, 0.3) is 5.78 Å². The molecular formula is C17H17ClN3O4+. The standard InChI is InChI=1S/C17H17ClN3O4/c1-9(2)8-24-17(23)25-14-6-12(13(22)7-20-19)21-16-11(14)5-4-10(3)15(16)18/h4-6,9H,7-8H2,1-3H3/q+1. The van der Waals surface area contributed by atoms with E-state index in [9.17, 15) is 9.59 Å². The van der Waals surface area contributed by atoms with Crippen molar-refractivity contribution in [3.8, 4) is 5.75 Å². The number of aryl methyl sites for hydroxylation is 1. The highest BCUT2D eigenvalue weighted by Gasteiger charge is 2.21. The number of diazo groups is 1. The smallest absolute Gasteiger partial charge is 0.434 e. The second-order valence-corrected chi connectivity index (χ2v) is 6.26. The molecule has 130 valence electrons. The topological polar surface area (TPSA) is 93.6 Å². The number of hydrogen-bond donors (Lipinski definition) is 0. The molecule has 1 aromatic heterocycles. The molecule has 0 saturated heterocycles. The van der Waals surface area contributed by atoms with E-state index in [4.69, 9.17) is 26.5 Å². The van der Waals surface area contributed by atoms with Crippen molar-refractivity contribution in [3.05, 3.63) is 39.5 Å². The number of hydrogen-bond acceptors (Lipinski definition) is 6. The van der Waals surface area contributed by atoms with Gasteiger partial charge in [0.1, 0.15) is 16.4 Å². The lowest BCUT2D eigenvalue weighted by molar-refractivity contribution is 0.0886. The number of ketones is 1. The highest BCUT2D eigenvalue weighted by Crippen LogP contribution is 2.32. The summed E-state index contributed by atoms with van der Waals surface area (Å²) in [5, 5.41) is 9.40. The second kappa shape index (κ2) is 7.90. The third-order valence-corrected chi connectivity index (χ3v) is 3.78. The highest BCUT2D eigenvalue weighted by molar-refractivity contribution is 6.36. The molecule has 0 unspecified atom stereocenters. The van der Waals surface area contributed by atoms with Crippen molar-refractivity contribution in [2.24, 2.45) is 5.92 Å². The predicted octanol–water partition coefficient (Wildman–Crippen LogP) is 4.40. The van der Waals surface area contributed by atoms with Crippen LogP contribution >= 0.6 is 11.6 Å². The third kappa shape index (κ3) is 4.43. The Hall–Kier alpha value is -2.72. The molecule has 0 N–H and O–H groups in total. The van der Waals surface area contributed by atoms with Crippen molar-refractivity contribution in [2.75, 3.05) is 13.2 Å². The molecule has 0 bridgehead atoms. The summed E-state index contributed by atoms with van der Waals surface area (Å²) in [7, 11) is 0. The largest absolute Gasteiger partial charge is 0.513 e. The normalized spacial score (nSPS) is 10.6. The van der Waals surface area contributed by atoms with Crippen LogP contribution in [0.1, 0.15) is 29.9 Å². The van der Waals surface area contributed by atoms with E-state index in [1.54, 1.807) is 19.1 Å². The maximum absolute atomic E-state index is 12.0. The van der Waals surface area contributed by atoms with Gasteiger partial charge >= 0.3 is 12.7 Å². The van der Waals surface area contributed by atoms with Crippen LogP contribution in [0.3, 0.4) is 0 Å². The maximum atomic E-state index is 12.0. The van der Waals surface area contributed by atoms with E-state index in [1.165, 1.54) is 6.07 Å². The fraction of sp³-hybridized carbons (Fsp3) is 0.353. The lowest BCUT2D eigenvalue weighted by Gasteiger charge is -2.11. The van der Waals surface area contributed by atoms with Crippen molar-refractivity contribution < 1.29 is 19.1 Å². The summed E-state index contributed by atoms with van der Waals surface area (Å²) in [6, 6.07) is 4.75. The second-order valence-electron chi connectivity index (χ2n) is 5.88. The van der Waals surface area contributed by atoms with Crippen LogP contribution < -0.4 is 4.74 Å². The van der Waals surface area contributed by atoms with Crippen LogP contribution in [-0.2, 0) is 4.74 Å². The van der Waals surface area contributed by atoms with Gasteiger partial charge in [0, 0.05) is 11.5 Å². The average molecular weight is 363 g/mol. The lowest BCUT2D eigenvalue weighted by Crippen LogP contribution is -2.15. The van der Waals surface area contributed by atoms with Gasteiger partial charge in [0.15, 0.2) is 0 Å². The molecular weight excluding hydrogens is 346 g/mol. The van der Waals surface area contributed by atoms with Crippen molar-refractivity contribution in [2.45, 2.75) is 20.8 Å². The van der Waals surface area contributed by atoms with E-state index < -0.39 is 18.5 Å². The number of nitrogens with zero attached hydrogens (tertiary/aromatic N) is 3. The van der Waals surface area contributed by atoms with Crippen LogP contribution in [0, 0.1) is 18.2 Å². The zero-order valence-corrected chi connectivity index (χ0v) is 14.8. The van der Waals surface area contributed by atoms with Crippen LogP contribution in [0.25, 0.3) is 15.9 Å². The number of fused-ring (bicyclic) bond motifs is 1. The van der Waals surface area contributed by atoms with E-state index >= 15 is 0 Å². The Balaban J connectivity index is 2.49. The van der Waals surface area contributed by atoms with Gasteiger partial charge in [0.2, 0.25) is 5.39 Å². The molecule has 7 nitrogen and oxygen atoms in total. The number of rotatable bonds is 5. The number of ether oxygens (including phenoxy) is 2. The van der Waals surface area contributed by atoms with Gasteiger partial charge in [-0.3, -0.25) is 4.79 Å². The number of carbonyl (C=O) groups is 2. The van der Waals surface area contributed by atoms with Gasteiger partial charge < -0.3 is 9.47 Å². The Morgan fingerprint density at radius 2 is 2.08 bits per heavy atom. The molecule has 0 atom stereocenters. The van der Waals surface area contributed by atoms with Gasteiger partial charge in [-0.15, -0.1) is 0 Å². The number of carbonyl (C=O) groups excluding carboxylic acids is 2. The summed E-state index contributed by atoms with van der Waals surface area (Å²) in [6.45, 7) is 5.33. The molecule has 2 rings (SSSR count). The minimum atomic E-state index is -0.886. The van der Waals surface area contributed by atoms with Gasteiger partial charge in [-0.1, -0.05) is 31.5 Å². The van der Waals surface area contributed by atoms with Crippen LogP contribution in [0.5, 0.6) is 5.75 Å². The lowest BCUT2D eigenvalue weighted by atomic mass is 10.1. The number of benzene rings is 1. The van der Waals surface area contributed by atoms with Crippen LogP contribution in [0.4, 0.5) is 4.79 Å². The van der Waals surface area contributed by atoms with Gasteiger partial charge in [-0.25, -0.2) is 9.78 Å². The van der Waals surface area contributed by atoms with E-state index in [0.717, 1.165) is 5.56 Å². The SMILES string of the molecule is Cc1ccc2c(OC(=O)OCC(C)C)cc(C(=O)C[N+]#N)nc2c1Cl.